The molecule has 1 atom stereocenters. The molecule has 1 heterocycles. The largest absolute Gasteiger partial charge is 0.491 e. The lowest BCUT2D eigenvalue weighted by atomic mass is 9.88. The van der Waals surface area contributed by atoms with E-state index in [2.05, 4.69) is 10.6 Å². The molecule has 1 amide bonds. The van der Waals surface area contributed by atoms with Gasteiger partial charge in [-0.15, -0.1) is 0 Å². The topological polar surface area (TPSA) is 53.6 Å². The minimum absolute atomic E-state index is 0.00366. The zero-order chi connectivity index (χ0) is 16.1. The van der Waals surface area contributed by atoms with Crippen molar-refractivity contribution in [1.29, 1.82) is 0 Å². The lowest BCUT2D eigenvalue weighted by molar-refractivity contribution is -0.121. The molecule has 122 valence electrons. The van der Waals surface area contributed by atoms with Gasteiger partial charge in [-0.1, -0.05) is 18.5 Å². The Bertz CT molecular complexity index is 518. The van der Waals surface area contributed by atoms with Crippen LogP contribution in [0, 0.1) is 11.8 Å². The van der Waals surface area contributed by atoms with Crippen molar-refractivity contribution in [3.63, 3.8) is 0 Å². The Morgan fingerprint density at radius 3 is 2.77 bits per heavy atom. The maximum Gasteiger partial charge on any atom is 0.227 e. The summed E-state index contributed by atoms with van der Waals surface area (Å²) in [5.41, 5.74) is 0.703. The molecule has 0 aliphatic carbocycles. The van der Waals surface area contributed by atoms with Crippen LogP contribution in [-0.2, 0) is 4.79 Å². The Balaban J connectivity index is 1.89. The third kappa shape index (κ3) is 4.60. The van der Waals surface area contributed by atoms with E-state index in [0.717, 1.165) is 19.6 Å². The van der Waals surface area contributed by atoms with Gasteiger partial charge in [0.2, 0.25) is 5.91 Å². The van der Waals surface area contributed by atoms with Crippen LogP contribution in [0.3, 0.4) is 0 Å². The Morgan fingerprint density at radius 1 is 1.50 bits per heavy atom. The van der Waals surface area contributed by atoms with Gasteiger partial charge in [0.1, 0.15) is 12.4 Å². The maximum atomic E-state index is 12.2. The van der Waals surface area contributed by atoms with E-state index < -0.39 is 0 Å². The minimum Gasteiger partial charge on any atom is -0.491 e. The lowest BCUT2D eigenvalue weighted by Gasteiger charge is -2.31. The second-order valence-electron chi connectivity index (χ2n) is 5.99. The first kappa shape index (κ1) is 17.1. The molecule has 0 radical (unpaired) electrons. The van der Waals surface area contributed by atoms with E-state index >= 15 is 0 Å². The summed E-state index contributed by atoms with van der Waals surface area (Å²) in [6.45, 7) is 5.18. The summed E-state index contributed by atoms with van der Waals surface area (Å²) in [5, 5.41) is 6.61. The molecular formula is C16H24ClN3O2. The highest BCUT2D eigenvalue weighted by Crippen LogP contribution is 2.28. The molecule has 0 spiro atoms. The molecule has 5 nitrogen and oxygen atoms in total. The highest BCUT2D eigenvalue weighted by atomic mass is 35.5. The summed E-state index contributed by atoms with van der Waals surface area (Å²) in [6.07, 6.45) is 0. The number of halogens is 1. The van der Waals surface area contributed by atoms with Gasteiger partial charge in [-0.3, -0.25) is 4.79 Å². The molecular weight excluding hydrogens is 302 g/mol. The van der Waals surface area contributed by atoms with E-state index in [-0.39, 0.29) is 11.8 Å². The second-order valence-corrected chi connectivity index (χ2v) is 6.40. The number of ether oxygens (including phenoxy) is 1. The van der Waals surface area contributed by atoms with Crippen LogP contribution in [0.4, 0.5) is 5.69 Å². The van der Waals surface area contributed by atoms with Crippen molar-refractivity contribution in [2.45, 2.75) is 6.92 Å². The number of hydrogen-bond donors (Lipinski definition) is 2. The van der Waals surface area contributed by atoms with Crippen molar-refractivity contribution in [2.24, 2.45) is 11.8 Å². The van der Waals surface area contributed by atoms with Crippen LogP contribution in [0.15, 0.2) is 18.2 Å². The summed E-state index contributed by atoms with van der Waals surface area (Å²) < 4.78 is 5.63. The Morgan fingerprint density at radius 2 is 2.23 bits per heavy atom. The monoisotopic (exact) mass is 325 g/mol. The van der Waals surface area contributed by atoms with Crippen molar-refractivity contribution in [2.75, 3.05) is 45.7 Å². The van der Waals surface area contributed by atoms with Gasteiger partial charge in [-0.2, -0.15) is 0 Å². The van der Waals surface area contributed by atoms with Gasteiger partial charge >= 0.3 is 0 Å². The van der Waals surface area contributed by atoms with E-state index in [9.17, 15) is 4.79 Å². The predicted octanol–water partition coefficient (Wildman–Crippen LogP) is 2.07. The minimum atomic E-state index is -0.00366. The molecule has 1 aromatic carbocycles. The van der Waals surface area contributed by atoms with Crippen molar-refractivity contribution in [3.8, 4) is 5.75 Å². The number of benzene rings is 1. The van der Waals surface area contributed by atoms with Gasteiger partial charge in [0, 0.05) is 18.2 Å². The zero-order valence-electron chi connectivity index (χ0n) is 13.4. The van der Waals surface area contributed by atoms with Crippen molar-refractivity contribution < 1.29 is 9.53 Å². The van der Waals surface area contributed by atoms with Gasteiger partial charge < -0.3 is 20.3 Å². The third-order valence-electron chi connectivity index (χ3n) is 3.93. The maximum absolute atomic E-state index is 12.2. The van der Waals surface area contributed by atoms with Crippen LogP contribution < -0.4 is 15.4 Å². The van der Waals surface area contributed by atoms with Gasteiger partial charge in [0.05, 0.1) is 5.02 Å². The van der Waals surface area contributed by atoms with Crippen molar-refractivity contribution in [3.05, 3.63) is 23.2 Å². The second kappa shape index (κ2) is 7.81. The standard InChI is InChI=1S/C16H24ClN3O2/c1-11(12-9-18-10-12)16(21)19-13-4-5-15(14(17)8-13)22-7-6-20(2)3/h4-5,8,11-12,18H,6-7,9-10H2,1-3H3,(H,19,21). The molecule has 1 aliphatic heterocycles. The van der Waals surface area contributed by atoms with Gasteiger partial charge in [-0.25, -0.2) is 0 Å². The highest BCUT2D eigenvalue weighted by molar-refractivity contribution is 6.32. The van der Waals surface area contributed by atoms with E-state index in [0.29, 0.717) is 29.0 Å². The quantitative estimate of drug-likeness (QED) is 0.806. The van der Waals surface area contributed by atoms with E-state index in [1.54, 1.807) is 12.1 Å². The number of carbonyl (C=O) groups is 1. The van der Waals surface area contributed by atoms with Crippen LogP contribution in [-0.4, -0.2) is 51.1 Å². The SMILES string of the molecule is CC(C(=O)Nc1ccc(OCCN(C)C)c(Cl)c1)C1CNC1. The zero-order valence-corrected chi connectivity index (χ0v) is 14.1. The van der Waals surface area contributed by atoms with Gasteiger partial charge in [-0.05, 0) is 51.3 Å². The van der Waals surface area contributed by atoms with E-state index in [1.807, 2.05) is 32.0 Å². The fourth-order valence-corrected chi connectivity index (χ4v) is 2.40. The average molecular weight is 326 g/mol. The average Bonchev–Trinajstić information content (AvgIpc) is 2.38. The Hall–Kier alpha value is -1.30. The van der Waals surface area contributed by atoms with E-state index in [4.69, 9.17) is 16.3 Å². The molecule has 1 saturated heterocycles. The van der Waals surface area contributed by atoms with Crippen LogP contribution in [0.2, 0.25) is 5.02 Å². The fraction of sp³-hybridized carbons (Fsp3) is 0.562. The molecule has 6 heteroatoms. The molecule has 2 rings (SSSR count). The molecule has 1 fully saturated rings. The first-order valence-corrected chi connectivity index (χ1v) is 7.94. The first-order valence-electron chi connectivity index (χ1n) is 7.56. The highest BCUT2D eigenvalue weighted by Gasteiger charge is 2.28. The number of nitrogens with zero attached hydrogens (tertiary/aromatic N) is 1. The summed E-state index contributed by atoms with van der Waals surface area (Å²) in [4.78, 5) is 14.2. The van der Waals surface area contributed by atoms with Crippen LogP contribution in [0.1, 0.15) is 6.92 Å². The normalized spacial score (nSPS) is 16.2. The van der Waals surface area contributed by atoms with Gasteiger partial charge in [0.15, 0.2) is 0 Å². The summed E-state index contributed by atoms with van der Waals surface area (Å²) in [7, 11) is 3.98. The summed E-state index contributed by atoms with van der Waals surface area (Å²) >= 11 is 6.21. The Kier molecular flexibility index (Phi) is 6.06. The van der Waals surface area contributed by atoms with Crippen molar-refractivity contribution >= 4 is 23.2 Å². The number of anilines is 1. The Labute approximate surface area is 137 Å². The third-order valence-corrected chi connectivity index (χ3v) is 4.22. The molecule has 0 saturated carbocycles. The van der Waals surface area contributed by atoms with Crippen LogP contribution in [0.25, 0.3) is 0 Å². The molecule has 1 aliphatic rings. The number of amides is 1. The number of carbonyl (C=O) groups excluding carboxylic acids is 1. The van der Waals surface area contributed by atoms with Crippen LogP contribution in [0.5, 0.6) is 5.75 Å². The number of rotatable bonds is 7. The first-order chi connectivity index (χ1) is 10.5. The number of likely N-dealkylation sites (N-methyl/N-ethyl adjacent to an activating group) is 1. The number of hydrogen-bond acceptors (Lipinski definition) is 4. The smallest absolute Gasteiger partial charge is 0.227 e. The molecule has 1 aromatic rings. The molecule has 0 bridgehead atoms. The molecule has 0 aromatic heterocycles. The van der Waals surface area contributed by atoms with Crippen LogP contribution >= 0.6 is 11.6 Å². The molecule has 2 N–H and O–H groups in total. The predicted molar refractivity (Wildman–Crippen MR) is 89.7 cm³/mol. The lowest BCUT2D eigenvalue weighted by Crippen LogP contribution is -2.48. The fourth-order valence-electron chi connectivity index (χ4n) is 2.17. The van der Waals surface area contributed by atoms with E-state index in [1.165, 1.54) is 0 Å². The molecule has 1 unspecified atom stereocenters. The summed E-state index contributed by atoms with van der Waals surface area (Å²) in [6, 6.07) is 5.35. The molecule has 22 heavy (non-hydrogen) atoms. The van der Waals surface area contributed by atoms with Crippen molar-refractivity contribution in [1.82, 2.24) is 10.2 Å². The summed E-state index contributed by atoms with van der Waals surface area (Å²) in [5.74, 6) is 1.08. The van der Waals surface area contributed by atoms with Gasteiger partial charge in [0.25, 0.3) is 0 Å². The number of nitrogens with one attached hydrogen (secondary N) is 2.